The molecule has 0 amide bonds. The first-order chi connectivity index (χ1) is 12.8. The third-order valence-corrected chi connectivity index (χ3v) is 3.72. The van der Waals surface area contributed by atoms with Gasteiger partial charge in [-0.25, -0.2) is 0 Å². The summed E-state index contributed by atoms with van der Waals surface area (Å²) in [6.45, 7) is 8.98. The molecule has 144 valence electrons. The van der Waals surface area contributed by atoms with Gasteiger partial charge in [0.25, 0.3) is 0 Å². The zero-order valence-corrected chi connectivity index (χ0v) is 15.8. The van der Waals surface area contributed by atoms with Gasteiger partial charge in [-0.15, -0.1) is 0 Å². The van der Waals surface area contributed by atoms with Crippen LogP contribution in [0.4, 0.5) is 0 Å². The summed E-state index contributed by atoms with van der Waals surface area (Å²) < 4.78 is 5.75. The summed E-state index contributed by atoms with van der Waals surface area (Å²) in [5, 5.41) is 8.21. The van der Waals surface area contributed by atoms with Gasteiger partial charge in [-0.05, 0) is 42.2 Å². The fourth-order valence-electron chi connectivity index (χ4n) is 2.01. The number of carbonyl (C=O) groups is 1. The molecule has 0 heterocycles. The number of rotatable bonds is 8. The van der Waals surface area contributed by atoms with Crippen LogP contribution in [0, 0.1) is 0 Å². The van der Waals surface area contributed by atoms with Crippen molar-refractivity contribution in [3.05, 3.63) is 89.8 Å². The first-order valence-electron chi connectivity index (χ1n) is 8.63. The second-order valence-electron chi connectivity index (χ2n) is 6.13. The van der Waals surface area contributed by atoms with Gasteiger partial charge in [-0.1, -0.05) is 49.6 Å². The third kappa shape index (κ3) is 9.28. The van der Waals surface area contributed by atoms with Crippen LogP contribution in [-0.4, -0.2) is 10.9 Å². The maximum Gasteiger partial charge on any atom is 0.130 e. The van der Waals surface area contributed by atoms with Gasteiger partial charge in [0.15, 0.2) is 0 Å². The van der Waals surface area contributed by atoms with Gasteiger partial charge in [0.2, 0.25) is 0 Å². The number of aryl methyl sites for hydroxylation is 1. The highest BCUT2D eigenvalue weighted by molar-refractivity contribution is 5.75. The Morgan fingerprint density at radius 3 is 1.93 bits per heavy atom. The summed E-state index contributed by atoms with van der Waals surface area (Å²) in [6.07, 6.45) is 1.38. The number of benzene rings is 2. The summed E-state index contributed by atoms with van der Waals surface area (Å²) in [7, 11) is 0. The second kappa shape index (κ2) is 11.5. The van der Waals surface area contributed by atoms with E-state index in [1.54, 1.807) is 6.92 Å². The Hall–Kier alpha value is -3.05. The van der Waals surface area contributed by atoms with Crippen LogP contribution >= 0.6 is 0 Å². The third-order valence-electron chi connectivity index (χ3n) is 3.72. The molecule has 0 aliphatic carbocycles. The van der Waals surface area contributed by atoms with Crippen molar-refractivity contribution in [1.82, 2.24) is 0 Å². The van der Waals surface area contributed by atoms with E-state index >= 15 is 0 Å². The molecule has 0 unspecified atom stereocenters. The predicted octanol–water partition coefficient (Wildman–Crippen LogP) is 3.78. The summed E-state index contributed by atoms with van der Waals surface area (Å²) in [4.78, 5) is 11.0. The molecule has 2 rings (SSSR count). The lowest BCUT2D eigenvalue weighted by molar-refractivity contribution is -0.116. The highest BCUT2D eigenvalue weighted by atomic mass is 16.5. The summed E-state index contributed by atoms with van der Waals surface area (Å²) in [5.74, 6) is 0.899. The van der Waals surface area contributed by atoms with Crippen LogP contribution in [0.2, 0.25) is 0 Å². The van der Waals surface area contributed by atoms with Crippen molar-refractivity contribution >= 4 is 5.78 Å². The molecule has 5 nitrogen and oxygen atoms in total. The Morgan fingerprint density at radius 2 is 1.48 bits per heavy atom. The van der Waals surface area contributed by atoms with Gasteiger partial charge in [0.1, 0.15) is 23.9 Å². The lowest BCUT2D eigenvalue weighted by Crippen LogP contribution is -1.99. The molecule has 0 aromatic heterocycles. The molecule has 0 spiro atoms. The Labute approximate surface area is 161 Å². The SMILES string of the molecule is C=C(N)C(=C)O.CC(=O)CCc1ccc(OCc2ccc(CN)cc2)cc1. The van der Waals surface area contributed by atoms with E-state index in [0.717, 1.165) is 28.9 Å². The number of nitrogens with two attached hydrogens (primary N) is 2. The van der Waals surface area contributed by atoms with E-state index in [-0.39, 0.29) is 17.2 Å². The van der Waals surface area contributed by atoms with Crippen LogP contribution in [-0.2, 0) is 24.4 Å². The molecule has 2 aromatic rings. The first kappa shape index (κ1) is 22.0. The summed E-state index contributed by atoms with van der Waals surface area (Å²) in [5.41, 5.74) is 14.0. The summed E-state index contributed by atoms with van der Waals surface area (Å²) >= 11 is 0. The fourth-order valence-corrected chi connectivity index (χ4v) is 2.01. The average molecular weight is 368 g/mol. The Balaban J connectivity index is 0.000000527. The first-order valence-corrected chi connectivity index (χ1v) is 8.63. The molecule has 0 bridgehead atoms. The molecule has 0 atom stereocenters. The maximum absolute atomic E-state index is 11.0. The molecule has 0 aliphatic rings. The van der Waals surface area contributed by atoms with Crippen molar-refractivity contribution in [2.75, 3.05) is 0 Å². The predicted molar refractivity (Wildman–Crippen MR) is 109 cm³/mol. The van der Waals surface area contributed by atoms with Crippen LogP contribution in [0.25, 0.3) is 0 Å². The number of aliphatic hydroxyl groups excluding tert-OH is 1. The molecule has 0 fully saturated rings. The minimum atomic E-state index is -0.157. The van der Waals surface area contributed by atoms with E-state index in [1.807, 2.05) is 48.5 Å². The molecular weight excluding hydrogens is 340 g/mol. The van der Waals surface area contributed by atoms with E-state index < -0.39 is 0 Å². The van der Waals surface area contributed by atoms with Crippen LogP contribution in [0.3, 0.4) is 0 Å². The van der Waals surface area contributed by atoms with Gasteiger partial charge >= 0.3 is 0 Å². The number of hydrogen-bond donors (Lipinski definition) is 3. The Morgan fingerprint density at radius 1 is 1.00 bits per heavy atom. The summed E-state index contributed by atoms with van der Waals surface area (Å²) in [6, 6.07) is 16.0. The van der Waals surface area contributed by atoms with Crippen molar-refractivity contribution in [3.8, 4) is 5.75 Å². The zero-order valence-electron chi connectivity index (χ0n) is 15.8. The number of carbonyl (C=O) groups excluding carboxylic acids is 1. The fraction of sp³-hybridized carbons (Fsp3) is 0.227. The standard InChI is InChI=1S/C18H21NO2.C4H7NO/c1-14(20)2-3-15-8-10-18(11-9-15)21-13-17-6-4-16(12-19)5-7-17;1-3(5)4(2)6/h4-11H,2-3,12-13,19H2,1H3;6H,1-2,5H2. The van der Waals surface area contributed by atoms with Gasteiger partial charge < -0.3 is 26.1 Å². The van der Waals surface area contributed by atoms with Crippen molar-refractivity contribution in [2.24, 2.45) is 11.5 Å². The normalized spacial score (nSPS) is 9.70. The molecule has 0 radical (unpaired) electrons. The molecule has 5 heteroatoms. The second-order valence-corrected chi connectivity index (χ2v) is 6.13. The number of ketones is 1. The molecule has 27 heavy (non-hydrogen) atoms. The molecule has 0 aliphatic heterocycles. The van der Waals surface area contributed by atoms with Crippen molar-refractivity contribution in [2.45, 2.75) is 32.9 Å². The topological polar surface area (TPSA) is 98.6 Å². The Bertz CT molecular complexity index is 738. The van der Waals surface area contributed by atoms with Gasteiger partial charge in [0.05, 0.1) is 5.70 Å². The van der Waals surface area contributed by atoms with E-state index in [9.17, 15) is 4.79 Å². The van der Waals surface area contributed by atoms with Crippen molar-refractivity contribution < 1.29 is 14.6 Å². The van der Waals surface area contributed by atoms with Gasteiger partial charge in [0, 0.05) is 13.0 Å². The van der Waals surface area contributed by atoms with Crippen LogP contribution in [0.5, 0.6) is 5.75 Å². The van der Waals surface area contributed by atoms with E-state index in [0.29, 0.717) is 19.6 Å². The number of ether oxygens (including phenoxy) is 1. The molecule has 0 saturated carbocycles. The lowest BCUT2D eigenvalue weighted by atomic mass is 10.1. The Kier molecular flexibility index (Phi) is 9.40. The monoisotopic (exact) mass is 368 g/mol. The smallest absolute Gasteiger partial charge is 0.130 e. The quantitative estimate of drug-likeness (QED) is 0.486. The van der Waals surface area contributed by atoms with E-state index in [4.69, 9.17) is 21.3 Å². The van der Waals surface area contributed by atoms with E-state index in [2.05, 4.69) is 13.2 Å². The lowest BCUT2D eigenvalue weighted by Gasteiger charge is -2.08. The number of aliphatic hydroxyl groups is 1. The van der Waals surface area contributed by atoms with Crippen LogP contribution < -0.4 is 16.2 Å². The van der Waals surface area contributed by atoms with Gasteiger partial charge in [-0.3, -0.25) is 0 Å². The van der Waals surface area contributed by atoms with Crippen LogP contribution in [0.1, 0.15) is 30.0 Å². The molecule has 5 N–H and O–H groups in total. The highest BCUT2D eigenvalue weighted by Crippen LogP contribution is 2.15. The molecular formula is C22H28N2O3. The minimum Gasteiger partial charge on any atom is -0.506 e. The zero-order chi connectivity index (χ0) is 20.2. The average Bonchev–Trinajstić information content (AvgIpc) is 2.66. The van der Waals surface area contributed by atoms with Crippen molar-refractivity contribution in [3.63, 3.8) is 0 Å². The molecule has 0 saturated heterocycles. The number of Topliss-reactive ketones (excluding diaryl/α,β-unsaturated/α-hetero) is 1. The van der Waals surface area contributed by atoms with E-state index in [1.165, 1.54) is 0 Å². The molecule has 2 aromatic carbocycles. The van der Waals surface area contributed by atoms with Gasteiger partial charge in [-0.2, -0.15) is 0 Å². The number of hydrogen-bond acceptors (Lipinski definition) is 5. The largest absolute Gasteiger partial charge is 0.506 e. The minimum absolute atomic E-state index is 0.120. The van der Waals surface area contributed by atoms with Crippen molar-refractivity contribution in [1.29, 1.82) is 0 Å². The van der Waals surface area contributed by atoms with Crippen LogP contribution in [0.15, 0.2) is 73.1 Å². The highest BCUT2D eigenvalue weighted by Gasteiger charge is 1.99. The maximum atomic E-state index is 11.0.